The first-order chi connectivity index (χ1) is 27.5. The van der Waals surface area contributed by atoms with Crippen molar-refractivity contribution in [3.8, 4) is 51.4 Å². The number of nitrogens with zero attached hydrogens (tertiary/aromatic N) is 6. The summed E-state index contributed by atoms with van der Waals surface area (Å²) in [6.07, 6.45) is 0. The molecule has 0 radical (unpaired) electrons. The van der Waals surface area contributed by atoms with Crippen molar-refractivity contribution in [2.45, 2.75) is 19.3 Å². The van der Waals surface area contributed by atoms with Gasteiger partial charge in [-0.2, -0.15) is 5.26 Å². The molecule has 1 aliphatic carbocycles. The van der Waals surface area contributed by atoms with Crippen LogP contribution in [0.5, 0.6) is 0 Å². The van der Waals surface area contributed by atoms with Crippen molar-refractivity contribution in [2.75, 3.05) is 4.90 Å². The Morgan fingerprint density at radius 1 is 0.536 bits per heavy atom. The zero-order valence-corrected chi connectivity index (χ0v) is 30.7. The fourth-order valence-electron chi connectivity index (χ4n) is 8.72. The van der Waals surface area contributed by atoms with Crippen LogP contribution in [0.3, 0.4) is 0 Å². The number of hydrogen-bond donors (Lipinski definition) is 0. The van der Waals surface area contributed by atoms with Crippen LogP contribution in [-0.4, -0.2) is 15.0 Å². The van der Waals surface area contributed by atoms with Crippen LogP contribution >= 0.6 is 0 Å². The van der Waals surface area contributed by atoms with Crippen LogP contribution in [0, 0.1) is 31.8 Å². The topological polar surface area (TPSA) is 70.1 Å². The van der Waals surface area contributed by atoms with Crippen LogP contribution in [0.15, 0.2) is 158 Å². The summed E-state index contributed by atoms with van der Waals surface area (Å²) in [6, 6.07) is 56.1. The fraction of sp³-hybridized carbons (Fsp3) is 0.0600. The number of nitriles is 1. The summed E-state index contributed by atoms with van der Waals surface area (Å²) >= 11 is 0. The molecule has 0 saturated carbocycles. The average Bonchev–Trinajstić information content (AvgIpc) is 3.52. The van der Waals surface area contributed by atoms with E-state index in [4.69, 9.17) is 21.5 Å². The molecular weight excluding hydrogens is 685 g/mol. The summed E-state index contributed by atoms with van der Waals surface area (Å²) < 4.78 is 0. The second-order valence-electron chi connectivity index (χ2n) is 14.4. The van der Waals surface area contributed by atoms with Crippen LogP contribution in [-0.2, 0) is 5.41 Å². The second-order valence-corrected chi connectivity index (χ2v) is 14.4. The molecule has 0 unspecified atom stereocenters. The number of benzene rings is 7. The molecule has 0 saturated heterocycles. The van der Waals surface area contributed by atoms with Crippen LogP contribution in [0.2, 0.25) is 0 Å². The van der Waals surface area contributed by atoms with E-state index in [0.29, 0.717) is 40.0 Å². The molecule has 1 aromatic heterocycles. The first-order valence-electron chi connectivity index (χ1n) is 18.5. The minimum Gasteiger partial charge on any atom is -0.318 e. The highest BCUT2D eigenvalue weighted by Crippen LogP contribution is 2.64. The molecule has 2 heterocycles. The summed E-state index contributed by atoms with van der Waals surface area (Å²) in [7, 11) is 0. The van der Waals surface area contributed by atoms with Crippen LogP contribution in [0.4, 0.5) is 22.7 Å². The van der Waals surface area contributed by atoms with E-state index in [1.807, 2.05) is 84.9 Å². The minimum absolute atomic E-state index is 0.320. The van der Waals surface area contributed by atoms with Gasteiger partial charge in [-0.05, 0) is 71.5 Å². The Hall–Kier alpha value is -7.67. The van der Waals surface area contributed by atoms with Gasteiger partial charge in [0, 0.05) is 28.1 Å². The molecule has 1 aliphatic heterocycles. The normalized spacial score (nSPS) is 12.9. The van der Waals surface area contributed by atoms with Crippen molar-refractivity contribution in [3.05, 3.63) is 208 Å². The minimum atomic E-state index is -0.618. The monoisotopic (exact) mass is 716 g/mol. The van der Waals surface area contributed by atoms with Crippen molar-refractivity contribution in [1.29, 1.82) is 5.26 Å². The van der Waals surface area contributed by atoms with Gasteiger partial charge in [-0.15, -0.1) is 0 Å². The molecule has 0 fully saturated rings. The lowest BCUT2D eigenvalue weighted by molar-refractivity contribution is 0.752. The molecule has 0 N–H and O–H groups in total. The van der Waals surface area contributed by atoms with Crippen molar-refractivity contribution in [3.63, 3.8) is 0 Å². The van der Waals surface area contributed by atoms with Crippen LogP contribution in [0.25, 0.3) is 50.1 Å². The van der Waals surface area contributed by atoms with Gasteiger partial charge in [0.25, 0.3) is 0 Å². The van der Waals surface area contributed by atoms with E-state index >= 15 is 0 Å². The molecule has 6 heteroatoms. The van der Waals surface area contributed by atoms with Gasteiger partial charge in [0.1, 0.15) is 0 Å². The zero-order valence-electron chi connectivity index (χ0n) is 30.7. The Labute approximate surface area is 325 Å². The van der Waals surface area contributed by atoms with E-state index in [-0.39, 0.29) is 0 Å². The Bertz CT molecular complexity index is 2780. The number of aromatic nitrogens is 3. The first-order valence-corrected chi connectivity index (χ1v) is 18.5. The third-order valence-electron chi connectivity index (χ3n) is 11.1. The van der Waals surface area contributed by atoms with Gasteiger partial charge >= 0.3 is 0 Å². The Morgan fingerprint density at radius 2 is 1.00 bits per heavy atom. The van der Waals surface area contributed by atoms with Gasteiger partial charge in [0.05, 0.1) is 29.3 Å². The smallest absolute Gasteiger partial charge is 0.212 e. The van der Waals surface area contributed by atoms with E-state index < -0.39 is 5.41 Å². The predicted octanol–water partition coefficient (Wildman–Crippen LogP) is 12.1. The second kappa shape index (κ2) is 12.7. The number of hydrogen-bond acceptors (Lipinski definition) is 5. The molecule has 10 rings (SSSR count). The summed E-state index contributed by atoms with van der Waals surface area (Å²) in [5.74, 6) is 1.40. The maximum Gasteiger partial charge on any atom is 0.212 e. The lowest BCUT2D eigenvalue weighted by Gasteiger charge is -2.45. The number of fused-ring (bicyclic) bond motifs is 9. The standard InChI is InChI=1S/C50H32N6/c1-31-22-24-39-37(26-31)38-27-32(2)23-25-40(38)50(39)41-18-10-12-20-44(41)56(45-21-13-11-19-42(45)50)46-36(30-51)28-35(29-43(46)52-3)49-54-47(33-14-6-4-7-15-33)53-48(55-49)34-16-8-5-9-17-34/h4-29H,1-2H3. The molecule has 262 valence electrons. The van der Waals surface area contributed by atoms with Crippen molar-refractivity contribution < 1.29 is 0 Å². The molecule has 6 nitrogen and oxygen atoms in total. The first kappa shape index (κ1) is 32.9. The van der Waals surface area contributed by atoms with Crippen LogP contribution in [0.1, 0.15) is 38.9 Å². The van der Waals surface area contributed by atoms with E-state index in [1.165, 1.54) is 33.4 Å². The summed E-state index contributed by atoms with van der Waals surface area (Å²) in [4.78, 5) is 20.9. The Balaban J connectivity index is 1.22. The van der Waals surface area contributed by atoms with Gasteiger partial charge < -0.3 is 4.90 Å². The van der Waals surface area contributed by atoms with Gasteiger partial charge in [0.2, 0.25) is 5.69 Å². The number of rotatable bonds is 4. The molecule has 0 bridgehead atoms. The molecule has 0 atom stereocenters. The van der Waals surface area contributed by atoms with E-state index in [9.17, 15) is 5.26 Å². The highest BCUT2D eigenvalue weighted by Gasteiger charge is 2.52. The highest BCUT2D eigenvalue weighted by molar-refractivity contribution is 5.99. The summed E-state index contributed by atoms with van der Waals surface area (Å²) in [5.41, 5.74) is 14.1. The Kier molecular flexibility index (Phi) is 7.49. The lowest BCUT2D eigenvalue weighted by atomic mass is 9.64. The molecule has 2 aliphatic rings. The average molecular weight is 717 g/mol. The van der Waals surface area contributed by atoms with Gasteiger partial charge in [0.15, 0.2) is 17.5 Å². The SMILES string of the molecule is [C-]#[N+]c1cc(-c2nc(-c3ccccc3)nc(-c3ccccc3)n2)cc(C#N)c1N1c2ccccc2C2(c3ccc(C)cc3-c3cc(C)ccc32)c2ccccc21. The molecule has 56 heavy (non-hydrogen) atoms. The number of anilines is 3. The van der Waals surface area contributed by atoms with Crippen LogP contribution < -0.4 is 4.90 Å². The highest BCUT2D eigenvalue weighted by atomic mass is 15.2. The van der Waals surface area contributed by atoms with Crippen molar-refractivity contribution in [1.82, 2.24) is 15.0 Å². The van der Waals surface area contributed by atoms with Gasteiger partial charge in [-0.3, -0.25) is 0 Å². The quantitative estimate of drug-likeness (QED) is 0.170. The van der Waals surface area contributed by atoms with Gasteiger partial charge in [-0.25, -0.2) is 19.8 Å². The van der Waals surface area contributed by atoms with E-state index in [0.717, 1.165) is 33.6 Å². The van der Waals surface area contributed by atoms with E-state index in [1.54, 1.807) is 0 Å². The number of aryl methyl sites for hydroxylation is 2. The third kappa shape index (κ3) is 4.83. The van der Waals surface area contributed by atoms with Crippen molar-refractivity contribution >= 4 is 22.7 Å². The van der Waals surface area contributed by atoms with Gasteiger partial charge in [-0.1, -0.05) is 145 Å². The molecular formula is C50H32N6. The zero-order chi connectivity index (χ0) is 38.0. The maximum absolute atomic E-state index is 11.0. The third-order valence-corrected chi connectivity index (χ3v) is 11.1. The molecule has 8 aromatic rings. The summed E-state index contributed by atoms with van der Waals surface area (Å²) in [6.45, 7) is 12.9. The fourth-order valence-corrected chi connectivity index (χ4v) is 8.72. The largest absolute Gasteiger partial charge is 0.318 e. The van der Waals surface area contributed by atoms with Crippen molar-refractivity contribution in [2.24, 2.45) is 0 Å². The maximum atomic E-state index is 11.0. The molecule has 7 aromatic carbocycles. The molecule has 0 amide bonds. The predicted molar refractivity (Wildman–Crippen MR) is 222 cm³/mol. The molecule has 1 spiro atoms. The Morgan fingerprint density at radius 3 is 1.48 bits per heavy atom. The summed E-state index contributed by atoms with van der Waals surface area (Å²) in [5, 5.41) is 11.0. The lowest BCUT2D eigenvalue weighted by Crippen LogP contribution is -2.36. The van der Waals surface area contributed by atoms with E-state index in [2.05, 4.69) is 102 Å². The number of para-hydroxylation sites is 2.